The van der Waals surface area contributed by atoms with Gasteiger partial charge in [0, 0.05) is 34.8 Å². The van der Waals surface area contributed by atoms with Gasteiger partial charge in [-0.3, -0.25) is 9.59 Å². The summed E-state index contributed by atoms with van der Waals surface area (Å²) in [4.78, 5) is 24.7. The molecule has 0 bridgehead atoms. The topological polar surface area (TPSA) is 78.4 Å². The average molecular weight is 389 g/mol. The zero-order valence-electron chi connectivity index (χ0n) is 14.6. The Hall–Kier alpha value is -2.70. The van der Waals surface area contributed by atoms with Crippen LogP contribution in [0.3, 0.4) is 0 Å². The molecule has 3 N–H and O–H groups in total. The van der Waals surface area contributed by atoms with Gasteiger partial charge in [0.1, 0.15) is 5.82 Å². The molecule has 0 aromatic heterocycles. The predicted octanol–water partition coefficient (Wildman–Crippen LogP) is 3.41. The van der Waals surface area contributed by atoms with Crippen LogP contribution >= 0.6 is 11.6 Å². The quantitative estimate of drug-likeness (QED) is 0.751. The van der Waals surface area contributed by atoms with Gasteiger partial charge in [0.05, 0.1) is 6.61 Å². The summed E-state index contributed by atoms with van der Waals surface area (Å²) in [6, 6.07) is 9.01. The molecule has 3 rings (SSSR count). The fourth-order valence-electron chi connectivity index (χ4n) is 3.00. The average Bonchev–Trinajstić information content (AvgIpc) is 2.64. The van der Waals surface area contributed by atoms with Crippen LogP contribution in [0, 0.1) is 12.7 Å². The Morgan fingerprint density at radius 3 is 2.70 bits per heavy atom. The standard InChI is InChI=1S/C20H18ClFN2O3/c1-11-6-17(21)13(10-25)7-18(11)24-20(27)16-9-23-19(26)8-15(16)12-2-4-14(22)5-3-12/h2-7,9,15,25H,8,10H2,1H3,(H,23,26)(H,24,27)/t15-/m0/s1. The molecule has 1 atom stereocenters. The minimum absolute atomic E-state index is 0.0897. The number of aliphatic hydroxyl groups is 1. The highest BCUT2D eigenvalue weighted by atomic mass is 35.5. The number of nitrogens with one attached hydrogen (secondary N) is 2. The van der Waals surface area contributed by atoms with Crippen molar-refractivity contribution >= 4 is 29.1 Å². The van der Waals surface area contributed by atoms with E-state index in [0.29, 0.717) is 27.4 Å². The third-order valence-electron chi connectivity index (χ3n) is 4.50. The molecular weight excluding hydrogens is 371 g/mol. The highest BCUT2D eigenvalue weighted by molar-refractivity contribution is 6.31. The fraction of sp³-hybridized carbons (Fsp3) is 0.200. The van der Waals surface area contributed by atoms with E-state index in [1.54, 1.807) is 31.2 Å². The first-order chi connectivity index (χ1) is 12.9. The molecule has 0 aliphatic carbocycles. The Bertz CT molecular complexity index is 926. The number of halogens is 2. The number of hydrogen-bond acceptors (Lipinski definition) is 3. The number of hydrogen-bond donors (Lipinski definition) is 3. The second-order valence-corrected chi connectivity index (χ2v) is 6.75. The highest BCUT2D eigenvalue weighted by Crippen LogP contribution is 2.32. The second kappa shape index (κ2) is 7.90. The van der Waals surface area contributed by atoms with Crippen LogP contribution in [-0.2, 0) is 16.2 Å². The van der Waals surface area contributed by atoms with Crippen molar-refractivity contribution in [1.29, 1.82) is 0 Å². The summed E-state index contributed by atoms with van der Waals surface area (Å²) in [7, 11) is 0. The number of aliphatic hydroxyl groups excluding tert-OH is 1. The lowest BCUT2D eigenvalue weighted by atomic mass is 9.86. The van der Waals surface area contributed by atoms with Crippen LogP contribution in [0.4, 0.5) is 10.1 Å². The lowest BCUT2D eigenvalue weighted by Crippen LogP contribution is -2.32. The maximum Gasteiger partial charge on any atom is 0.253 e. The molecule has 7 heteroatoms. The lowest BCUT2D eigenvalue weighted by Gasteiger charge is -2.24. The highest BCUT2D eigenvalue weighted by Gasteiger charge is 2.29. The van der Waals surface area contributed by atoms with Gasteiger partial charge in [0.25, 0.3) is 5.91 Å². The van der Waals surface area contributed by atoms with E-state index in [1.165, 1.54) is 18.3 Å². The van der Waals surface area contributed by atoms with Crippen LogP contribution < -0.4 is 10.6 Å². The van der Waals surface area contributed by atoms with Crippen molar-refractivity contribution in [2.75, 3.05) is 5.32 Å². The number of carbonyl (C=O) groups excluding carboxylic acids is 2. The molecule has 0 saturated heterocycles. The molecule has 0 unspecified atom stereocenters. The molecule has 0 fully saturated rings. The van der Waals surface area contributed by atoms with Crippen molar-refractivity contribution in [3.63, 3.8) is 0 Å². The van der Waals surface area contributed by atoms with Gasteiger partial charge in [-0.2, -0.15) is 0 Å². The Kier molecular flexibility index (Phi) is 5.58. The molecule has 1 aliphatic heterocycles. The molecule has 140 valence electrons. The van der Waals surface area contributed by atoms with E-state index in [-0.39, 0.29) is 24.8 Å². The van der Waals surface area contributed by atoms with E-state index in [1.807, 2.05) is 0 Å². The lowest BCUT2D eigenvalue weighted by molar-refractivity contribution is -0.121. The van der Waals surface area contributed by atoms with Crippen molar-refractivity contribution in [3.05, 3.63) is 75.7 Å². The van der Waals surface area contributed by atoms with Gasteiger partial charge >= 0.3 is 0 Å². The number of carbonyl (C=O) groups is 2. The zero-order valence-corrected chi connectivity index (χ0v) is 15.3. The van der Waals surface area contributed by atoms with Crippen LogP contribution in [0.1, 0.15) is 29.0 Å². The number of rotatable bonds is 4. The first kappa shape index (κ1) is 19.1. The Morgan fingerprint density at radius 1 is 1.33 bits per heavy atom. The van der Waals surface area contributed by atoms with Gasteiger partial charge in [0.2, 0.25) is 5.91 Å². The van der Waals surface area contributed by atoms with Crippen molar-refractivity contribution < 1.29 is 19.1 Å². The number of amides is 2. The second-order valence-electron chi connectivity index (χ2n) is 6.35. The van der Waals surface area contributed by atoms with E-state index in [9.17, 15) is 19.1 Å². The maximum atomic E-state index is 13.2. The van der Waals surface area contributed by atoms with Crippen LogP contribution in [0.25, 0.3) is 0 Å². The monoisotopic (exact) mass is 388 g/mol. The van der Waals surface area contributed by atoms with E-state index in [4.69, 9.17) is 11.6 Å². The summed E-state index contributed by atoms with van der Waals surface area (Å²) in [5.74, 6) is -1.48. The summed E-state index contributed by atoms with van der Waals surface area (Å²) in [5, 5.41) is 15.2. The van der Waals surface area contributed by atoms with Crippen LogP contribution in [0.2, 0.25) is 5.02 Å². The van der Waals surface area contributed by atoms with Gasteiger partial charge < -0.3 is 15.7 Å². The van der Waals surface area contributed by atoms with Crippen molar-refractivity contribution in [1.82, 2.24) is 5.32 Å². The van der Waals surface area contributed by atoms with Gasteiger partial charge in [-0.1, -0.05) is 23.7 Å². The molecule has 1 heterocycles. The summed E-state index contributed by atoms with van der Waals surface area (Å²) in [5.41, 5.74) is 2.80. The SMILES string of the molecule is Cc1cc(Cl)c(CO)cc1NC(=O)C1=CNC(=O)C[C@H]1c1ccc(F)cc1. The number of benzene rings is 2. The first-order valence-electron chi connectivity index (χ1n) is 8.35. The molecule has 2 aromatic carbocycles. The van der Waals surface area contributed by atoms with E-state index in [2.05, 4.69) is 10.6 Å². The zero-order chi connectivity index (χ0) is 19.6. The normalized spacial score (nSPS) is 16.5. The minimum atomic E-state index is -0.482. The summed E-state index contributed by atoms with van der Waals surface area (Å²) in [6.45, 7) is 1.54. The molecule has 2 aromatic rings. The molecule has 0 spiro atoms. The Morgan fingerprint density at radius 2 is 2.04 bits per heavy atom. The summed E-state index contributed by atoms with van der Waals surface area (Å²) in [6.07, 6.45) is 1.47. The molecule has 0 saturated carbocycles. The number of aryl methyl sites for hydroxylation is 1. The predicted molar refractivity (Wildman–Crippen MR) is 101 cm³/mol. The van der Waals surface area contributed by atoms with Crippen LogP contribution in [0.15, 0.2) is 48.2 Å². The van der Waals surface area contributed by atoms with E-state index in [0.717, 1.165) is 5.56 Å². The molecule has 2 amide bonds. The van der Waals surface area contributed by atoms with Crippen LogP contribution in [0.5, 0.6) is 0 Å². The van der Waals surface area contributed by atoms with Gasteiger partial charge in [-0.05, 0) is 47.9 Å². The van der Waals surface area contributed by atoms with Gasteiger partial charge in [-0.25, -0.2) is 4.39 Å². The van der Waals surface area contributed by atoms with Gasteiger partial charge in [-0.15, -0.1) is 0 Å². The maximum absolute atomic E-state index is 13.2. The Labute approximate surface area is 160 Å². The van der Waals surface area contributed by atoms with E-state index >= 15 is 0 Å². The largest absolute Gasteiger partial charge is 0.392 e. The Balaban J connectivity index is 1.90. The molecule has 0 radical (unpaired) electrons. The third kappa shape index (κ3) is 4.18. The van der Waals surface area contributed by atoms with Crippen molar-refractivity contribution in [2.45, 2.75) is 25.9 Å². The summed E-state index contributed by atoms with van der Waals surface area (Å²) < 4.78 is 13.2. The van der Waals surface area contributed by atoms with Gasteiger partial charge in [0.15, 0.2) is 0 Å². The molecule has 27 heavy (non-hydrogen) atoms. The minimum Gasteiger partial charge on any atom is -0.392 e. The van der Waals surface area contributed by atoms with Crippen LogP contribution in [-0.4, -0.2) is 16.9 Å². The smallest absolute Gasteiger partial charge is 0.253 e. The number of anilines is 1. The molecule has 1 aliphatic rings. The fourth-order valence-corrected chi connectivity index (χ4v) is 3.28. The molecular formula is C20H18ClFN2O3. The third-order valence-corrected chi connectivity index (χ3v) is 4.85. The summed E-state index contributed by atoms with van der Waals surface area (Å²) >= 11 is 6.06. The van der Waals surface area contributed by atoms with E-state index < -0.39 is 11.8 Å². The van der Waals surface area contributed by atoms with Crippen molar-refractivity contribution in [2.24, 2.45) is 0 Å². The van der Waals surface area contributed by atoms with Crippen molar-refractivity contribution in [3.8, 4) is 0 Å². The molecule has 5 nitrogen and oxygen atoms in total. The first-order valence-corrected chi connectivity index (χ1v) is 8.73.